The summed E-state index contributed by atoms with van der Waals surface area (Å²) < 4.78 is 0.787. The molecule has 1 unspecified atom stereocenters. The van der Waals surface area contributed by atoms with Gasteiger partial charge in [0.2, 0.25) is 0 Å². The van der Waals surface area contributed by atoms with E-state index in [9.17, 15) is 4.79 Å². The summed E-state index contributed by atoms with van der Waals surface area (Å²) in [4.78, 5) is 12.4. The summed E-state index contributed by atoms with van der Waals surface area (Å²) in [7, 11) is 0. The third-order valence-electron chi connectivity index (χ3n) is 3.00. The van der Waals surface area contributed by atoms with Crippen molar-refractivity contribution in [2.24, 2.45) is 0 Å². The van der Waals surface area contributed by atoms with Gasteiger partial charge in [-0.15, -0.1) is 11.8 Å². The molecular formula is C13H15BrOS. The molecule has 0 aliphatic carbocycles. The summed E-state index contributed by atoms with van der Waals surface area (Å²) in [5.74, 6) is 1.38. The molecule has 2 rings (SSSR count). The highest BCUT2D eigenvalue weighted by Gasteiger charge is 2.37. The molecular weight excluding hydrogens is 284 g/mol. The molecule has 0 saturated carbocycles. The summed E-state index contributed by atoms with van der Waals surface area (Å²) in [6, 6.07) is 5.94. The van der Waals surface area contributed by atoms with E-state index < -0.39 is 0 Å². The Morgan fingerprint density at radius 3 is 2.75 bits per heavy atom. The van der Waals surface area contributed by atoms with Crippen molar-refractivity contribution in [1.82, 2.24) is 0 Å². The molecule has 1 aromatic rings. The number of carbonyl (C=O) groups excluding carboxylic acids is 1. The van der Waals surface area contributed by atoms with Crippen molar-refractivity contribution in [3.63, 3.8) is 0 Å². The molecule has 1 aromatic carbocycles. The predicted octanol–water partition coefficient (Wildman–Crippen LogP) is 4.23. The Kier molecular flexibility index (Phi) is 3.45. The quantitative estimate of drug-likeness (QED) is 0.760. The van der Waals surface area contributed by atoms with Crippen molar-refractivity contribution in [3.05, 3.63) is 33.8 Å². The maximum absolute atomic E-state index is 12.4. The van der Waals surface area contributed by atoms with Gasteiger partial charge in [-0.2, -0.15) is 0 Å². The van der Waals surface area contributed by atoms with E-state index in [1.165, 1.54) is 0 Å². The lowest BCUT2D eigenvalue weighted by molar-refractivity contribution is 0.0949. The van der Waals surface area contributed by atoms with Gasteiger partial charge >= 0.3 is 0 Å². The molecule has 86 valence electrons. The van der Waals surface area contributed by atoms with E-state index >= 15 is 0 Å². The molecule has 1 heterocycles. The lowest BCUT2D eigenvalue weighted by Crippen LogP contribution is -2.28. The molecule has 0 spiro atoms. The van der Waals surface area contributed by atoms with E-state index in [0.29, 0.717) is 0 Å². The Labute approximate surface area is 109 Å². The van der Waals surface area contributed by atoms with E-state index in [2.05, 4.69) is 22.9 Å². The van der Waals surface area contributed by atoms with Crippen LogP contribution < -0.4 is 0 Å². The molecule has 1 nitrogen and oxygen atoms in total. The van der Waals surface area contributed by atoms with Gasteiger partial charge in [0, 0.05) is 10.0 Å². The first-order valence-electron chi connectivity index (χ1n) is 5.47. The van der Waals surface area contributed by atoms with Crippen molar-refractivity contribution in [2.75, 3.05) is 5.75 Å². The maximum Gasteiger partial charge on any atom is 0.178 e. The zero-order chi connectivity index (χ0) is 11.8. The summed E-state index contributed by atoms with van der Waals surface area (Å²) >= 11 is 5.24. The normalized spacial score (nSPS) is 24.7. The third-order valence-corrected chi connectivity index (χ3v) is 4.98. The minimum absolute atomic E-state index is 0.201. The number of halogens is 1. The Hall–Kier alpha value is -0.280. The molecule has 0 bridgehead atoms. The fourth-order valence-electron chi connectivity index (χ4n) is 2.13. The number of ketones is 1. The van der Waals surface area contributed by atoms with E-state index in [1.54, 1.807) is 11.8 Å². The second-order valence-corrected chi connectivity index (χ2v) is 7.04. The monoisotopic (exact) mass is 298 g/mol. The van der Waals surface area contributed by atoms with Crippen molar-refractivity contribution in [1.29, 1.82) is 0 Å². The standard InChI is InChI=1S/C13H15BrOS/c1-9-6-10(8-11(14)7-9)12(15)13(2)4-3-5-16-13/h6-8H,3-5H2,1-2H3. The highest BCUT2D eigenvalue weighted by atomic mass is 79.9. The summed E-state index contributed by atoms with van der Waals surface area (Å²) in [5, 5.41) is 0. The zero-order valence-corrected chi connectivity index (χ0v) is 12.0. The number of rotatable bonds is 2. The van der Waals surface area contributed by atoms with Crippen LogP contribution in [0.1, 0.15) is 35.7 Å². The van der Waals surface area contributed by atoms with Crippen molar-refractivity contribution >= 4 is 33.5 Å². The second-order valence-electron chi connectivity index (χ2n) is 4.53. The molecule has 3 heteroatoms. The van der Waals surface area contributed by atoms with Gasteiger partial charge in [0.25, 0.3) is 0 Å². The minimum atomic E-state index is -0.201. The van der Waals surface area contributed by atoms with Crippen LogP contribution in [0.15, 0.2) is 22.7 Å². The predicted molar refractivity (Wildman–Crippen MR) is 73.3 cm³/mol. The Morgan fingerprint density at radius 1 is 1.44 bits per heavy atom. The summed E-state index contributed by atoms with van der Waals surface area (Å²) in [6.45, 7) is 4.09. The largest absolute Gasteiger partial charge is 0.293 e. The first-order valence-corrected chi connectivity index (χ1v) is 7.25. The lowest BCUT2D eigenvalue weighted by Gasteiger charge is -2.21. The van der Waals surface area contributed by atoms with Crippen molar-refractivity contribution < 1.29 is 4.79 Å². The first kappa shape index (κ1) is 12.2. The molecule has 0 amide bonds. The second kappa shape index (κ2) is 4.53. The number of benzene rings is 1. The van der Waals surface area contributed by atoms with Crippen LogP contribution in [0.4, 0.5) is 0 Å². The number of hydrogen-bond donors (Lipinski definition) is 0. The van der Waals surface area contributed by atoms with Crippen LogP contribution in [0.2, 0.25) is 0 Å². The van der Waals surface area contributed by atoms with Gasteiger partial charge in [0.15, 0.2) is 5.78 Å². The van der Waals surface area contributed by atoms with Crippen LogP contribution in [-0.4, -0.2) is 16.3 Å². The molecule has 0 radical (unpaired) electrons. The van der Waals surface area contributed by atoms with Crippen LogP contribution in [0.25, 0.3) is 0 Å². The molecule has 0 aromatic heterocycles. The van der Waals surface area contributed by atoms with Crippen molar-refractivity contribution in [2.45, 2.75) is 31.4 Å². The number of hydrogen-bond acceptors (Lipinski definition) is 2. The van der Waals surface area contributed by atoms with Gasteiger partial charge < -0.3 is 0 Å². The molecule has 1 atom stereocenters. The van der Waals surface area contributed by atoms with E-state index in [-0.39, 0.29) is 10.5 Å². The zero-order valence-electron chi connectivity index (χ0n) is 9.55. The Morgan fingerprint density at radius 2 is 2.19 bits per heavy atom. The number of thioether (sulfide) groups is 1. The van der Waals surface area contributed by atoms with E-state index in [1.807, 2.05) is 25.1 Å². The third kappa shape index (κ3) is 2.35. The SMILES string of the molecule is Cc1cc(Br)cc(C(=O)C2(C)CCCS2)c1. The highest BCUT2D eigenvalue weighted by molar-refractivity contribution is 9.10. The van der Waals surface area contributed by atoms with Crippen LogP contribution >= 0.6 is 27.7 Å². The van der Waals surface area contributed by atoms with Crippen LogP contribution in [0, 0.1) is 6.92 Å². The maximum atomic E-state index is 12.4. The fourth-order valence-corrected chi connectivity index (χ4v) is 4.02. The Bertz CT molecular complexity index is 402. The molecule has 1 aliphatic heterocycles. The van der Waals surface area contributed by atoms with E-state index in [4.69, 9.17) is 0 Å². The molecule has 1 aliphatic rings. The number of carbonyl (C=O) groups is 1. The number of Topliss-reactive ketones (excluding diaryl/α,β-unsaturated/α-hetero) is 1. The molecule has 16 heavy (non-hydrogen) atoms. The van der Waals surface area contributed by atoms with Gasteiger partial charge in [0.05, 0.1) is 4.75 Å². The Balaban J connectivity index is 2.33. The first-order chi connectivity index (χ1) is 7.51. The number of aryl methyl sites for hydroxylation is 1. The smallest absolute Gasteiger partial charge is 0.178 e. The highest BCUT2D eigenvalue weighted by Crippen LogP contribution is 2.40. The summed E-state index contributed by atoms with van der Waals surface area (Å²) in [5.41, 5.74) is 1.97. The van der Waals surface area contributed by atoms with Crippen LogP contribution in [0.3, 0.4) is 0 Å². The van der Waals surface area contributed by atoms with Crippen molar-refractivity contribution in [3.8, 4) is 0 Å². The van der Waals surface area contributed by atoms with Crippen LogP contribution in [0.5, 0.6) is 0 Å². The lowest BCUT2D eigenvalue weighted by atomic mass is 9.94. The summed E-state index contributed by atoms with van der Waals surface area (Å²) in [6.07, 6.45) is 2.15. The molecule has 0 N–H and O–H groups in total. The fraction of sp³-hybridized carbons (Fsp3) is 0.462. The van der Waals surface area contributed by atoms with E-state index in [0.717, 1.165) is 34.2 Å². The van der Waals surface area contributed by atoms with Gasteiger partial charge in [-0.3, -0.25) is 4.79 Å². The topological polar surface area (TPSA) is 17.1 Å². The van der Waals surface area contributed by atoms with Gasteiger partial charge in [0.1, 0.15) is 0 Å². The average molecular weight is 299 g/mol. The molecule has 1 saturated heterocycles. The minimum Gasteiger partial charge on any atom is -0.293 e. The van der Waals surface area contributed by atoms with Gasteiger partial charge in [-0.25, -0.2) is 0 Å². The van der Waals surface area contributed by atoms with Gasteiger partial charge in [-0.1, -0.05) is 15.9 Å². The molecule has 1 fully saturated rings. The van der Waals surface area contributed by atoms with Gasteiger partial charge in [-0.05, 0) is 56.2 Å². The average Bonchev–Trinajstić information content (AvgIpc) is 2.64. The van der Waals surface area contributed by atoms with Crippen LogP contribution in [-0.2, 0) is 0 Å².